The molecule has 0 saturated carbocycles. The Morgan fingerprint density at radius 2 is 1.15 bits per heavy atom. The molecule has 0 radical (unpaired) electrons. The van der Waals surface area contributed by atoms with E-state index in [0.29, 0.717) is 29.2 Å². The number of Topliss-reactive ketones (excluding diaryl/α,β-unsaturated/α-hetero) is 1. The van der Waals surface area contributed by atoms with Gasteiger partial charge in [0, 0.05) is 30.5 Å². The molecule has 3 aromatic rings. The molecular weight excluding hydrogens is 633 g/mol. The van der Waals surface area contributed by atoms with Crippen molar-refractivity contribution in [2.75, 3.05) is 21.3 Å². The molecule has 6 nitrogen and oxygen atoms in total. The number of hydrogen-bond donors (Lipinski definition) is 0. The van der Waals surface area contributed by atoms with E-state index >= 15 is 0 Å². The van der Waals surface area contributed by atoms with Crippen LogP contribution in [0.15, 0.2) is 60.7 Å². The first-order valence-electron chi connectivity index (χ1n) is 16.7. The van der Waals surface area contributed by atoms with E-state index < -0.39 is 22.6 Å². The van der Waals surface area contributed by atoms with E-state index in [1.54, 1.807) is 33.5 Å². The van der Waals surface area contributed by atoms with Crippen LogP contribution >= 0.6 is 0 Å². The lowest BCUT2D eigenvalue weighted by molar-refractivity contribution is 0.0979. The Balaban J connectivity index is 1.85. The lowest BCUT2D eigenvalue weighted by atomic mass is 9.90. The van der Waals surface area contributed by atoms with E-state index in [2.05, 4.69) is 104 Å². The first-order chi connectivity index (χ1) is 22.3. The summed E-state index contributed by atoms with van der Waals surface area (Å²) < 4.78 is 29.9. The van der Waals surface area contributed by atoms with Gasteiger partial charge in [0.25, 0.3) is 0 Å². The van der Waals surface area contributed by atoms with Gasteiger partial charge in [-0.15, -0.1) is 5.92 Å². The van der Waals surface area contributed by atoms with Gasteiger partial charge < -0.3 is 23.1 Å². The Hall–Kier alpha value is -3.68. The fraction of sp³-hybridized carbons (Fsp3) is 0.475. The van der Waals surface area contributed by atoms with Crippen LogP contribution in [0.2, 0.25) is 36.3 Å². The van der Waals surface area contributed by atoms with E-state index in [4.69, 9.17) is 23.1 Å². The highest BCUT2D eigenvalue weighted by Gasteiger charge is 2.39. The van der Waals surface area contributed by atoms with Crippen LogP contribution in [-0.4, -0.2) is 43.7 Å². The van der Waals surface area contributed by atoms with E-state index in [1.807, 2.05) is 24.3 Å². The summed E-state index contributed by atoms with van der Waals surface area (Å²) >= 11 is 0. The molecule has 0 aliphatic carbocycles. The molecule has 0 saturated heterocycles. The molecule has 1 unspecified atom stereocenters. The quantitative estimate of drug-likeness (QED) is 0.101. The summed E-state index contributed by atoms with van der Waals surface area (Å²) in [6.07, 6.45) is 1.57. The number of carbonyl (C=O) groups excluding carboxylic acids is 1. The topological polar surface area (TPSA) is 63.2 Å². The highest BCUT2D eigenvalue weighted by Crippen LogP contribution is 2.42. The molecule has 0 amide bonds. The van der Waals surface area contributed by atoms with Crippen LogP contribution in [0.3, 0.4) is 0 Å². The Morgan fingerprint density at radius 1 is 0.688 bits per heavy atom. The van der Waals surface area contributed by atoms with Crippen LogP contribution < -0.4 is 23.1 Å². The zero-order chi connectivity index (χ0) is 35.9. The average molecular weight is 689 g/mol. The molecule has 0 aliphatic heterocycles. The van der Waals surface area contributed by atoms with Gasteiger partial charge in [0.05, 0.1) is 32.8 Å². The van der Waals surface area contributed by atoms with Gasteiger partial charge in [-0.2, -0.15) is 0 Å². The first kappa shape index (κ1) is 38.8. The molecule has 0 heterocycles. The Bertz CT molecular complexity index is 1560. The molecule has 260 valence electrons. The van der Waals surface area contributed by atoms with Crippen molar-refractivity contribution >= 4 is 22.4 Å². The van der Waals surface area contributed by atoms with Gasteiger partial charge >= 0.3 is 0 Å². The summed E-state index contributed by atoms with van der Waals surface area (Å²) in [6.45, 7) is 22.3. The van der Waals surface area contributed by atoms with Crippen molar-refractivity contribution in [2.24, 2.45) is 0 Å². The van der Waals surface area contributed by atoms with Gasteiger partial charge in [-0.1, -0.05) is 59.6 Å². The molecule has 8 heteroatoms. The highest BCUT2D eigenvalue weighted by molar-refractivity contribution is 6.75. The predicted octanol–water partition coefficient (Wildman–Crippen LogP) is 10.5. The van der Waals surface area contributed by atoms with Crippen molar-refractivity contribution < 1.29 is 27.9 Å². The molecule has 0 N–H and O–H groups in total. The number of rotatable bonds is 13. The standard InChI is InChI=1S/C40H56O6Si2/c1-39(2,3)47(10,11)45-32-22-18-29(19-23-32)16-14-15-17-31(38-36(43-8)27-34(42-7)28-37(38)44-9)26-35(41)30-20-24-33(25-21-30)46-48(12,13)40(4,5)6/h18-25,27-28,31H,14,16,26H2,1-13H3. The Labute approximate surface area is 291 Å². The summed E-state index contributed by atoms with van der Waals surface area (Å²) in [5, 5.41) is 0.212. The van der Waals surface area contributed by atoms with Crippen molar-refractivity contribution in [3.05, 3.63) is 77.4 Å². The SMILES string of the molecule is COc1cc(OC)c(C(C#CCCc2ccc(O[Si](C)(C)C(C)(C)C)cc2)CC(=O)c2ccc(O[Si](C)(C)C(C)(C)C)cc2)c(OC)c1. The molecule has 0 bridgehead atoms. The fourth-order valence-electron chi connectivity index (χ4n) is 4.64. The second-order valence-electron chi connectivity index (χ2n) is 15.3. The van der Waals surface area contributed by atoms with Gasteiger partial charge in [0.15, 0.2) is 5.78 Å². The Morgan fingerprint density at radius 3 is 1.56 bits per heavy atom. The summed E-state index contributed by atoms with van der Waals surface area (Å²) in [5.41, 5.74) is 2.52. The highest BCUT2D eigenvalue weighted by atomic mass is 28.4. The molecule has 0 fully saturated rings. The third kappa shape index (κ3) is 9.93. The largest absolute Gasteiger partial charge is 0.544 e. The van der Waals surface area contributed by atoms with Crippen molar-refractivity contribution in [3.8, 4) is 40.6 Å². The van der Waals surface area contributed by atoms with Crippen LogP contribution in [-0.2, 0) is 6.42 Å². The van der Waals surface area contributed by atoms with Crippen molar-refractivity contribution in [3.63, 3.8) is 0 Å². The average Bonchev–Trinajstić information content (AvgIpc) is 3.01. The normalized spacial score (nSPS) is 12.8. The Kier molecular flexibility index (Phi) is 12.7. The zero-order valence-electron chi connectivity index (χ0n) is 31.4. The van der Waals surface area contributed by atoms with Crippen molar-refractivity contribution in [1.29, 1.82) is 0 Å². The number of ketones is 1. The molecule has 0 aliphatic rings. The van der Waals surface area contributed by atoms with Crippen LogP contribution in [0, 0.1) is 11.8 Å². The smallest absolute Gasteiger partial charge is 0.250 e. The zero-order valence-corrected chi connectivity index (χ0v) is 33.4. The van der Waals surface area contributed by atoms with Crippen LogP contribution in [0.25, 0.3) is 0 Å². The second-order valence-corrected chi connectivity index (χ2v) is 24.8. The molecule has 3 aromatic carbocycles. The van der Waals surface area contributed by atoms with Crippen molar-refractivity contribution in [2.45, 2.75) is 103 Å². The van der Waals surface area contributed by atoms with Crippen LogP contribution in [0.1, 0.15) is 81.8 Å². The fourth-order valence-corrected chi connectivity index (χ4v) is 6.70. The summed E-state index contributed by atoms with van der Waals surface area (Å²) in [6, 6.07) is 19.4. The molecular formula is C40H56O6Si2. The number of ether oxygens (including phenoxy) is 3. The van der Waals surface area contributed by atoms with E-state index in [-0.39, 0.29) is 22.3 Å². The van der Waals surface area contributed by atoms with Gasteiger partial charge in [0.2, 0.25) is 16.6 Å². The number of hydrogen-bond acceptors (Lipinski definition) is 6. The summed E-state index contributed by atoms with van der Waals surface area (Å²) in [4.78, 5) is 13.7. The maximum absolute atomic E-state index is 13.7. The third-order valence-electron chi connectivity index (χ3n) is 9.76. The molecule has 0 aromatic heterocycles. The molecule has 1 atom stereocenters. The minimum absolute atomic E-state index is 0.0228. The predicted molar refractivity (Wildman–Crippen MR) is 202 cm³/mol. The summed E-state index contributed by atoms with van der Waals surface area (Å²) in [7, 11) is 0.898. The van der Waals surface area contributed by atoms with Gasteiger partial charge in [-0.25, -0.2) is 0 Å². The molecule has 0 spiro atoms. The number of benzene rings is 3. The summed E-state index contributed by atoms with van der Waals surface area (Å²) in [5.74, 6) is 9.70. The second kappa shape index (κ2) is 15.7. The van der Waals surface area contributed by atoms with Crippen molar-refractivity contribution in [1.82, 2.24) is 0 Å². The number of aryl methyl sites for hydroxylation is 1. The van der Waals surface area contributed by atoms with Gasteiger partial charge in [-0.05, 0) is 84.6 Å². The monoisotopic (exact) mass is 688 g/mol. The van der Waals surface area contributed by atoms with Crippen LogP contribution in [0.5, 0.6) is 28.7 Å². The minimum Gasteiger partial charge on any atom is -0.544 e. The molecule has 48 heavy (non-hydrogen) atoms. The van der Waals surface area contributed by atoms with E-state index in [9.17, 15) is 4.79 Å². The third-order valence-corrected chi connectivity index (χ3v) is 18.5. The van der Waals surface area contributed by atoms with E-state index in [1.165, 1.54) is 5.56 Å². The maximum atomic E-state index is 13.7. The number of carbonyl (C=O) groups is 1. The lowest BCUT2D eigenvalue weighted by Gasteiger charge is -2.36. The van der Waals surface area contributed by atoms with Gasteiger partial charge in [-0.3, -0.25) is 4.79 Å². The van der Waals surface area contributed by atoms with Crippen LogP contribution in [0.4, 0.5) is 0 Å². The van der Waals surface area contributed by atoms with Gasteiger partial charge in [0.1, 0.15) is 28.7 Å². The molecule has 3 rings (SSSR count). The first-order valence-corrected chi connectivity index (χ1v) is 22.5. The maximum Gasteiger partial charge on any atom is 0.250 e. The lowest BCUT2D eigenvalue weighted by Crippen LogP contribution is -2.43. The number of methoxy groups -OCH3 is 3. The minimum atomic E-state index is -2.00. The van der Waals surface area contributed by atoms with E-state index in [0.717, 1.165) is 23.5 Å².